The zero-order valence-corrected chi connectivity index (χ0v) is 12.8. The van der Waals surface area contributed by atoms with Crippen molar-refractivity contribution >= 4 is 5.91 Å². The van der Waals surface area contributed by atoms with Crippen LogP contribution in [0.3, 0.4) is 0 Å². The molecule has 122 valence electrons. The summed E-state index contributed by atoms with van der Waals surface area (Å²) in [4.78, 5) is 11.9. The molecule has 0 aliphatic heterocycles. The van der Waals surface area contributed by atoms with E-state index in [1.807, 2.05) is 6.92 Å². The van der Waals surface area contributed by atoms with E-state index in [9.17, 15) is 18.0 Å². The van der Waals surface area contributed by atoms with Crippen LogP contribution in [0.15, 0.2) is 24.3 Å². The van der Waals surface area contributed by atoms with Crippen molar-refractivity contribution in [1.82, 2.24) is 10.6 Å². The van der Waals surface area contributed by atoms with E-state index in [1.54, 1.807) is 13.1 Å². The summed E-state index contributed by atoms with van der Waals surface area (Å²) in [5, 5.41) is 5.80. The van der Waals surface area contributed by atoms with E-state index in [2.05, 4.69) is 10.6 Å². The molecule has 1 aliphatic rings. The Morgan fingerprint density at radius 2 is 2.05 bits per heavy atom. The van der Waals surface area contributed by atoms with Gasteiger partial charge >= 0.3 is 6.18 Å². The molecule has 0 heterocycles. The van der Waals surface area contributed by atoms with E-state index in [-0.39, 0.29) is 17.2 Å². The predicted octanol–water partition coefficient (Wildman–Crippen LogP) is 2.71. The second-order valence-corrected chi connectivity index (χ2v) is 6.04. The van der Waals surface area contributed by atoms with Crippen molar-refractivity contribution in [2.75, 3.05) is 20.1 Å². The number of rotatable bonds is 6. The highest BCUT2D eigenvalue weighted by atomic mass is 19.4. The van der Waals surface area contributed by atoms with Gasteiger partial charge in [-0.25, -0.2) is 0 Å². The van der Waals surface area contributed by atoms with Crippen molar-refractivity contribution in [3.8, 4) is 0 Å². The molecule has 6 heteroatoms. The fourth-order valence-corrected chi connectivity index (χ4v) is 2.57. The third-order valence-corrected chi connectivity index (χ3v) is 4.21. The number of halogens is 3. The Labute approximate surface area is 128 Å². The molecule has 1 unspecified atom stereocenters. The minimum atomic E-state index is -4.34. The molecule has 22 heavy (non-hydrogen) atoms. The second-order valence-electron chi connectivity index (χ2n) is 6.04. The van der Waals surface area contributed by atoms with Crippen LogP contribution in [-0.4, -0.2) is 26.0 Å². The van der Waals surface area contributed by atoms with Crippen molar-refractivity contribution in [2.24, 2.45) is 5.92 Å². The van der Waals surface area contributed by atoms with Gasteiger partial charge in [0.15, 0.2) is 0 Å². The summed E-state index contributed by atoms with van der Waals surface area (Å²) >= 11 is 0. The smallest absolute Gasteiger partial charge is 0.355 e. The highest BCUT2D eigenvalue weighted by Gasteiger charge is 2.45. The molecule has 0 saturated heterocycles. The van der Waals surface area contributed by atoms with Crippen LogP contribution in [-0.2, 0) is 16.4 Å². The van der Waals surface area contributed by atoms with E-state index < -0.39 is 11.7 Å². The molecule has 1 fully saturated rings. The summed E-state index contributed by atoms with van der Waals surface area (Å²) in [7, 11) is 1.77. The number of alkyl halides is 3. The number of benzene rings is 1. The summed E-state index contributed by atoms with van der Waals surface area (Å²) in [6, 6.07) is 5.43. The Morgan fingerprint density at radius 3 is 2.59 bits per heavy atom. The Morgan fingerprint density at radius 1 is 1.36 bits per heavy atom. The van der Waals surface area contributed by atoms with Gasteiger partial charge in [-0.15, -0.1) is 0 Å². The lowest BCUT2D eigenvalue weighted by molar-refractivity contribution is -0.137. The zero-order chi connectivity index (χ0) is 16.4. The molecule has 0 spiro atoms. The van der Waals surface area contributed by atoms with Crippen LogP contribution in [0.1, 0.15) is 30.9 Å². The van der Waals surface area contributed by atoms with Gasteiger partial charge in [-0.1, -0.05) is 25.1 Å². The van der Waals surface area contributed by atoms with Crippen LogP contribution in [0.25, 0.3) is 0 Å². The highest BCUT2D eigenvalue weighted by molar-refractivity contribution is 5.78. The minimum Gasteiger partial charge on any atom is -0.355 e. The van der Waals surface area contributed by atoms with Crippen molar-refractivity contribution in [3.05, 3.63) is 35.4 Å². The average Bonchev–Trinajstić information content (AvgIpc) is 3.25. The standard InChI is InChI=1S/C16H21F3N2O/c1-11(9-20-2)14(22)21-10-15(6-7-15)12-4-3-5-13(8-12)16(17,18)19/h3-5,8,11,20H,6-7,9-10H2,1-2H3,(H,21,22). The largest absolute Gasteiger partial charge is 0.416 e. The molecule has 1 aromatic carbocycles. The van der Waals surface area contributed by atoms with Crippen LogP contribution >= 0.6 is 0 Å². The maximum absolute atomic E-state index is 12.8. The van der Waals surface area contributed by atoms with Gasteiger partial charge in [0.2, 0.25) is 5.91 Å². The van der Waals surface area contributed by atoms with Gasteiger partial charge in [0.25, 0.3) is 0 Å². The Balaban J connectivity index is 2.04. The molecule has 0 bridgehead atoms. The Bertz CT molecular complexity index is 538. The van der Waals surface area contributed by atoms with Crippen LogP contribution in [0, 0.1) is 5.92 Å². The summed E-state index contributed by atoms with van der Waals surface area (Å²) in [5.41, 5.74) is -0.314. The van der Waals surface area contributed by atoms with Crippen LogP contribution in [0.5, 0.6) is 0 Å². The van der Waals surface area contributed by atoms with E-state index in [4.69, 9.17) is 0 Å². The molecule has 0 aromatic heterocycles. The van der Waals surface area contributed by atoms with E-state index in [0.29, 0.717) is 18.7 Å². The first kappa shape index (κ1) is 16.8. The molecule has 1 aromatic rings. The molecular formula is C16H21F3N2O. The first-order chi connectivity index (χ1) is 10.3. The van der Waals surface area contributed by atoms with E-state index in [0.717, 1.165) is 18.9 Å². The van der Waals surface area contributed by atoms with Crippen molar-refractivity contribution in [1.29, 1.82) is 0 Å². The molecule has 1 atom stereocenters. The van der Waals surface area contributed by atoms with Gasteiger partial charge in [-0.2, -0.15) is 13.2 Å². The normalized spacial score (nSPS) is 17.9. The van der Waals surface area contributed by atoms with Crippen LogP contribution in [0.4, 0.5) is 13.2 Å². The number of hydrogen-bond donors (Lipinski definition) is 2. The van der Waals surface area contributed by atoms with Crippen LogP contribution in [0.2, 0.25) is 0 Å². The lowest BCUT2D eigenvalue weighted by atomic mass is 9.94. The van der Waals surface area contributed by atoms with Gasteiger partial charge in [0.05, 0.1) is 5.56 Å². The summed E-state index contributed by atoms with van der Waals surface area (Å²) < 4.78 is 38.4. The first-order valence-electron chi connectivity index (χ1n) is 7.38. The lowest BCUT2D eigenvalue weighted by Gasteiger charge is -2.20. The number of amides is 1. The molecule has 0 radical (unpaired) electrons. The van der Waals surface area contributed by atoms with Gasteiger partial charge in [0.1, 0.15) is 0 Å². The van der Waals surface area contributed by atoms with Crippen molar-refractivity contribution in [2.45, 2.75) is 31.4 Å². The third kappa shape index (κ3) is 3.80. The number of nitrogens with one attached hydrogen (secondary N) is 2. The maximum atomic E-state index is 12.8. The van der Waals surface area contributed by atoms with Crippen molar-refractivity contribution in [3.63, 3.8) is 0 Å². The molecule has 3 nitrogen and oxygen atoms in total. The topological polar surface area (TPSA) is 41.1 Å². The quantitative estimate of drug-likeness (QED) is 0.848. The summed E-state index contributed by atoms with van der Waals surface area (Å²) in [6.07, 6.45) is -2.74. The van der Waals surface area contributed by atoms with Crippen molar-refractivity contribution < 1.29 is 18.0 Å². The summed E-state index contributed by atoms with van der Waals surface area (Å²) in [6.45, 7) is 2.78. The van der Waals surface area contributed by atoms with Gasteiger partial charge in [-0.05, 0) is 31.5 Å². The molecule has 1 amide bonds. The first-order valence-corrected chi connectivity index (χ1v) is 7.38. The van der Waals surface area contributed by atoms with E-state index >= 15 is 0 Å². The fourth-order valence-electron chi connectivity index (χ4n) is 2.57. The Hall–Kier alpha value is -1.56. The minimum absolute atomic E-state index is 0.0763. The monoisotopic (exact) mass is 314 g/mol. The SMILES string of the molecule is CNCC(C)C(=O)NCC1(c2cccc(C(F)(F)F)c2)CC1. The molecule has 2 rings (SSSR count). The number of hydrogen-bond acceptors (Lipinski definition) is 2. The lowest BCUT2D eigenvalue weighted by Crippen LogP contribution is -2.38. The zero-order valence-electron chi connectivity index (χ0n) is 12.8. The van der Waals surface area contributed by atoms with E-state index in [1.165, 1.54) is 12.1 Å². The van der Waals surface area contributed by atoms with Crippen LogP contribution < -0.4 is 10.6 Å². The number of carbonyl (C=O) groups is 1. The Kier molecular flexibility index (Phi) is 4.80. The number of carbonyl (C=O) groups excluding carboxylic acids is 1. The second kappa shape index (κ2) is 6.28. The maximum Gasteiger partial charge on any atom is 0.416 e. The van der Waals surface area contributed by atoms with Gasteiger partial charge in [-0.3, -0.25) is 4.79 Å². The van der Waals surface area contributed by atoms with Gasteiger partial charge < -0.3 is 10.6 Å². The molecular weight excluding hydrogens is 293 g/mol. The molecule has 1 aliphatic carbocycles. The molecule has 1 saturated carbocycles. The summed E-state index contributed by atoms with van der Waals surface area (Å²) in [5.74, 6) is -0.241. The average molecular weight is 314 g/mol. The predicted molar refractivity (Wildman–Crippen MR) is 78.5 cm³/mol. The van der Waals surface area contributed by atoms with Gasteiger partial charge in [0, 0.05) is 24.4 Å². The fraction of sp³-hybridized carbons (Fsp3) is 0.562. The third-order valence-electron chi connectivity index (χ3n) is 4.21. The molecule has 2 N–H and O–H groups in total. The highest BCUT2D eigenvalue weighted by Crippen LogP contribution is 2.48.